The zero-order valence-corrected chi connectivity index (χ0v) is 12.9. The zero-order valence-electron chi connectivity index (χ0n) is 12.9. The molecule has 7 nitrogen and oxygen atoms in total. The molecule has 7 heteroatoms. The van der Waals surface area contributed by atoms with Gasteiger partial charge in [0.1, 0.15) is 11.5 Å². The van der Waals surface area contributed by atoms with Crippen molar-refractivity contribution in [3.8, 4) is 0 Å². The number of hydrogen-bond acceptors (Lipinski definition) is 5. The first-order valence-corrected chi connectivity index (χ1v) is 6.84. The molecule has 114 valence electrons. The van der Waals surface area contributed by atoms with Gasteiger partial charge >= 0.3 is 5.69 Å². The fourth-order valence-electron chi connectivity index (χ4n) is 2.23. The van der Waals surface area contributed by atoms with Crippen LogP contribution in [0.1, 0.15) is 27.7 Å². The molecule has 0 atom stereocenters. The minimum atomic E-state index is -0.510. The molecule has 0 radical (unpaired) electrons. The summed E-state index contributed by atoms with van der Waals surface area (Å²) in [6, 6.07) is 0.847. The van der Waals surface area contributed by atoms with Crippen molar-refractivity contribution in [1.29, 1.82) is 0 Å². The summed E-state index contributed by atoms with van der Waals surface area (Å²) in [6.45, 7) is 9.90. The normalized spacial score (nSPS) is 11.6. The van der Waals surface area contributed by atoms with Gasteiger partial charge in [0, 0.05) is 32.2 Å². The van der Waals surface area contributed by atoms with E-state index in [1.807, 2.05) is 0 Å². The number of nitrogens with one attached hydrogen (secondary N) is 2. The Morgan fingerprint density at radius 1 is 1.25 bits per heavy atom. The van der Waals surface area contributed by atoms with Gasteiger partial charge < -0.3 is 11.1 Å². The molecule has 0 bridgehead atoms. The Morgan fingerprint density at radius 3 is 2.30 bits per heavy atom. The van der Waals surface area contributed by atoms with E-state index < -0.39 is 11.2 Å². The van der Waals surface area contributed by atoms with E-state index in [1.54, 1.807) is 0 Å². The molecule has 0 fully saturated rings. The van der Waals surface area contributed by atoms with E-state index in [2.05, 4.69) is 42.9 Å². The number of H-pyrrole nitrogens is 1. The maximum absolute atomic E-state index is 11.7. The fraction of sp³-hybridized carbons (Fsp3) is 0.692. The summed E-state index contributed by atoms with van der Waals surface area (Å²) < 4.78 is 1.21. The second kappa shape index (κ2) is 6.60. The van der Waals surface area contributed by atoms with Gasteiger partial charge in [0.2, 0.25) is 0 Å². The van der Waals surface area contributed by atoms with Crippen LogP contribution in [-0.4, -0.2) is 39.6 Å². The first-order valence-electron chi connectivity index (χ1n) is 6.84. The van der Waals surface area contributed by atoms with Crippen LogP contribution in [0.15, 0.2) is 9.59 Å². The average molecular weight is 283 g/mol. The van der Waals surface area contributed by atoms with Gasteiger partial charge in [-0.3, -0.25) is 19.2 Å². The minimum Gasteiger partial charge on any atom is -0.383 e. The van der Waals surface area contributed by atoms with Crippen LogP contribution >= 0.6 is 0 Å². The second-order valence-corrected chi connectivity index (χ2v) is 5.43. The van der Waals surface area contributed by atoms with E-state index in [0.717, 1.165) is 6.54 Å². The molecule has 1 aromatic rings. The lowest BCUT2D eigenvalue weighted by atomic mass is 10.2. The van der Waals surface area contributed by atoms with Crippen molar-refractivity contribution in [3.05, 3.63) is 20.8 Å². The van der Waals surface area contributed by atoms with Gasteiger partial charge in [0.05, 0.1) is 0 Å². The van der Waals surface area contributed by atoms with Crippen LogP contribution in [0.3, 0.4) is 0 Å². The summed E-state index contributed by atoms with van der Waals surface area (Å²) >= 11 is 0. The summed E-state index contributed by atoms with van der Waals surface area (Å²) in [5.41, 5.74) is 5.05. The molecule has 1 aromatic heterocycles. The van der Waals surface area contributed by atoms with Crippen molar-refractivity contribution < 1.29 is 0 Å². The van der Waals surface area contributed by atoms with Crippen LogP contribution in [0, 0.1) is 0 Å². The Bertz CT molecular complexity index is 551. The van der Waals surface area contributed by atoms with Crippen molar-refractivity contribution in [3.63, 3.8) is 0 Å². The van der Waals surface area contributed by atoms with E-state index in [4.69, 9.17) is 5.73 Å². The van der Waals surface area contributed by atoms with Gasteiger partial charge in [-0.1, -0.05) is 0 Å². The summed E-state index contributed by atoms with van der Waals surface area (Å²) in [7, 11) is 1.52. The third-order valence-corrected chi connectivity index (χ3v) is 3.37. The molecule has 0 aliphatic rings. The molecule has 20 heavy (non-hydrogen) atoms. The number of nitrogens with zero attached hydrogens (tertiary/aromatic N) is 2. The summed E-state index contributed by atoms with van der Waals surface area (Å²) in [6.07, 6.45) is 0. The highest BCUT2D eigenvalue weighted by atomic mass is 16.2. The third-order valence-electron chi connectivity index (χ3n) is 3.37. The van der Waals surface area contributed by atoms with E-state index in [9.17, 15) is 9.59 Å². The van der Waals surface area contributed by atoms with Crippen molar-refractivity contribution in [2.45, 2.75) is 39.8 Å². The number of anilines is 2. The Hall–Kier alpha value is -1.76. The van der Waals surface area contributed by atoms with Crippen LogP contribution in [0.25, 0.3) is 0 Å². The number of nitrogens with two attached hydrogens (primary N) is 1. The summed E-state index contributed by atoms with van der Waals surface area (Å²) in [4.78, 5) is 27.6. The largest absolute Gasteiger partial charge is 0.383 e. The molecule has 0 saturated heterocycles. The molecule has 1 heterocycles. The Kier molecular flexibility index (Phi) is 5.38. The van der Waals surface area contributed by atoms with Crippen molar-refractivity contribution in [2.24, 2.45) is 7.05 Å². The number of nitrogen functional groups attached to an aromatic ring is 1. The van der Waals surface area contributed by atoms with Gasteiger partial charge in [-0.2, -0.15) is 0 Å². The highest BCUT2D eigenvalue weighted by molar-refractivity contribution is 5.60. The Morgan fingerprint density at radius 2 is 1.80 bits per heavy atom. The highest BCUT2D eigenvalue weighted by Gasteiger charge is 2.14. The molecular weight excluding hydrogens is 258 g/mol. The summed E-state index contributed by atoms with van der Waals surface area (Å²) in [5.74, 6) is 0.152. The molecule has 0 unspecified atom stereocenters. The standard InChI is InChI=1S/C13H25N5O2/c1-8(2)18(9(3)4)7-6-15-10-11(14)17(5)13(20)16-12(10)19/h8-9,15H,6-7,14H2,1-5H3,(H,16,19,20). The predicted octanol–water partition coefficient (Wildman–Crippen LogP) is 0.187. The SMILES string of the molecule is CC(C)N(CCNc1c(N)n(C)c(=O)[nH]c1=O)C(C)C. The molecule has 1 rings (SSSR count). The average Bonchev–Trinajstić information content (AvgIpc) is 2.34. The Balaban J connectivity index is 2.79. The lowest BCUT2D eigenvalue weighted by Crippen LogP contribution is -2.41. The third kappa shape index (κ3) is 3.63. The van der Waals surface area contributed by atoms with Crippen LogP contribution in [0.2, 0.25) is 0 Å². The Labute approximate surface area is 118 Å². The van der Waals surface area contributed by atoms with Crippen molar-refractivity contribution in [1.82, 2.24) is 14.5 Å². The summed E-state index contributed by atoms with van der Waals surface area (Å²) in [5, 5.41) is 3.02. The van der Waals surface area contributed by atoms with Gasteiger partial charge in [-0.15, -0.1) is 0 Å². The van der Waals surface area contributed by atoms with Crippen LogP contribution in [0.4, 0.5) is 11.5 Å². The molecular formula is C13H25N5O2. The first-order chi connectivity index (χ1) is 9.25. The monoisotopic (exact) mass is 283 g/mol. The number of aromatic amines is 1. The maximum atomic E-state index is 11.7. The van der Waals surface area contributed by atoms with Gasteiger partial charge in [0.25, 0.3) is 5.56 Å². The fourth-order valence-corrected chi connectivity index (χ4v) is 2.23. The van der Waals surface area contributed by atoms with Gasteiger partial charge in [-0.05, 0) is 27.7 Å². The molecule has 0 aliphatic carbocycles. The van der Waals surface area contributed by atoms with Crippen LogP contribution in [-0.2, 0) is 7.05 Å². The molecule has 0 amide bonds. The maximum Gasteiger partial charge on any atom is 0.329 e. The van der Waals surface area contributed by atoms with Crippen molar-refractivity contribution in [2.75, 3.05) is 24.1 Å². The van der Waals surface area contributed by atoms with E-state index in [1.165, 1.54) is 11.6 Å². The second-order valence-electron chi connectivity index (χ2n) is 5.43. The van der Waals surface area contributed by atoms with E-state index >= 15 is 0 Å². The molecule has 0 spiro atoms. The van der Waals surface area contributed by atoms with E-state index in [0.29, 0.717) is 18.6 Å². The lowest BCUT2D eigenvalue weighted by molar-refractivity contribution is 0.182. The van der Waals surface area contributed by atoms with Gasteiger partial charge in [0.15, 0.2) is 0 Å². The van der Waals surface area contributed by atoms with Crippen LogP contribution in [0.5, 0.6) is 0 Å². The van der Waals surface area contributed by atoms with E-state index in [-0.39, 0.29) is 11.5 Å². The minimum absolute atomic E-state index is 0.152. The molecule has 0 aromatic carbocycles. The molecule has 0 saturated carbocycles. The molecule has 0 aliphatic heterocycles. The first kappa shape index (κ1) is 16.3. The molecule has 4 N–H and O–H groups in total. The lowest BCUT2D eigenvalue weighted by Gasteiger charge is -2.30. The topological polar surface area (TPSA) is 96.2 Å². The number of hydrogen-bond donors (Lipinski definition) is 3. The van der Waals surface area contributed by atoms with Crippen molar-refractivity contribution >= 4 is 11.5 Å². The van der Waals surface area contributed by atoms with Crippen LogP contribution < -0.4 is 22.3 Å². The predicted molar refractivity (Wildman–Crippen MR) is 82.2 cm³/mol. The highest BCUT2D eigenvalue weighted by Crippen LogP contribution is 2.09. The zero-order chi connectivity index (χ0) is 15.4. The smallest absolute Gasteiger partial charge is 0.329 e. The quantitative estimate of drug-likeness (QED) is 0.692. The number of rotatable bonds is 6. The number of aromatic nitrogens is 2. The van der Waals surface area contributed by atoms with Gasteiger partial charge in [-0.25, -0.2) is 4.79 Å².